The molecule has 0 aliphatic carbocycles. The zero-order chi connectivity index (χ0) is 24.5. The molecule has 4 atom stereocenters. The molecule has 32 heavy (non-hydrogen) atoms. The summed E-state index contributed by atoms with van der Waals surface area (Å²) in [5.74, 6) is 2.17. The Morgan fingerprint density at radius 3 is 2.75 bits per heavy atom. The van der Waals surface area contributed by atoms with Crippen molar-refractivity contribution in [3.05, 3.63) is 27.0 Å². The Morgan fingerprint density at radius 1 is 1.44 bits per heavy atom. The minimum atomic E-state index is -1.55. The molecule has 1 fully saturated rings. The van der Waals surface area contributed by atoms with Crippen LogP contribution in [0.1, 0.15) is 55.0 Å². The summed E-state index contributed by atoms with van der Waals surface area (Å²) in [6, 6.07) is 2.29. The van der Waals surface area contributed by atoms with Crippen molar-refractivity contribution in [2.24, 2.45) is 0 Å². The van der Waals surface area contributed by atoms with Crippen LogP contribution in [0.2, 0.25) is 0 Å². The van der Waals surface area contributed by atoms with Gasteiger partial charge in [-0.15, -0.1) is 6.42 Å². The van der Waals surface area contributed by atoms with E-state index in [1.165, 1.54) is 10.8 Å². The third kappa shape index (κ3) is 6.65. The van der Waals surface area contributed by atoms with Crippen LogP contribution in [-0.4, -0.2) is 51.7 Å². The number of H-pyrrole nitrogens is 1. The van der Waals surface area contributed by atoms with E-state index in [1.807, 2.05) is 27.7 Å². The predicted octanol–water partition coefficient (Wildman–Crippen LogP) is 2.52. The lowest BCUT2D eigenvalue weighted by atomic mass is 10.2. The highest BCUT2D eigenvalue weighted by molar-refractivity contribution is 7.44. The van der Waals surface area contributed by atoms with Crippen LogP contribution in [0, 0.1) is 23.7 Å². The van der Waals surface area contributed by atoms with Gasteiger partial charge in [-0.25, -0.2) is 9.46 Å². The first-order valence-corrected chi connectivity index (χ1v) is 11.5. The maximum Gasteiger partial charge on any atom is 0.330 e. The summed E-state index contributed by atoms with van der Waals surface area (Å²) in [6.07, 6.45) is 5.00. The molecular formula is C21H31N4O6P. The smallest absolute Gasteiger partial charge is 0.330 e. The van der Waals surface area contributed by atoms with Crippen LogP contribution in [0.25, 0.3) is 0 Å². The molecule has 2 heterocycles. The van der Waals surface area contributed by atoms with Gasteiger partial charge in [0.1, 0.15) is 12.8 Å². The first-order valence-electron chi connectivity index (χ1n) is 11.1. The Morgan fingerprint density at radius 2 is 2.16 bits per heavy atom. The van der Waals surface area contributed by atoms with Crippen LogP contribution in [-0.2, 0) is 13.8 Å². The molecular weight excluding hydrogens is 435 g/mol. The van der Waals surface area contributed by atoms with Crippen LogP contribution in [0.15, 0.2) is 15.8 Å². The van der Waals surface area contributed by atoms with E-state index >= 15 is 0 Å². The lowest BCUT2D eigenvalue weighted by Gasteiger charge is -2.37. The fourth-order valence-corrected chi connectivity index (χ4v) is 5.06. The number of aromatic amines is 1. The van der Waals surface area contributed by atoms with Gasteiger partial charge in [0.05, 0.1) is 37.5 Å². The third-order valence-corrected chi connectivity index (χ3v) is 6.78. The number of rotatable bonds is 11. The normalized spacial score (nSPS) is 22.0. The average Bonchev–Trinajstić information content (AvgIpc) is 3.15. The van der Waals surface area contributed by atoms with Gasteiger partial charge in [-0.2, -0.15) is 5.26 Å². The monoisotopic (exact) mass is 467 g/mol. The number of aromatic nitrogens is 2. The number of nitriles is 1. The summed E-state index contributed by atoms with van der Waals surface area (Å²) >= 11 is 0. The standard InChI is InChI=1S/C21H31N4O6P/c1-7-10-28-18-13-24(21(27)23-20(18)26)19-12-17(16(6)30-19)31-32(29-11-8-9-22)25(14(2)3)15(4)5/h1,13-17,19H,8,10-12H2,2-6H3,(H,23,26,27)/t16-,17?,19-,32?/m1/s1/i6D. The minimum Gasteiger partial charge on any atom is -0.474 e. The maximum atomic E-state index is 12.4. The lowest BCUT2D eigenvalue weighted by molar-refractivity contribution is -0.00906. The number of nitrogens with one attached hydrogen (secondary N) is 1. The van der Waals surface area contributed by atoms with Gasteiger partial charge in [0.2, 0.25) is 5.75 Å². The Balaban J connectivity index is 2.27. The quantitative estimate of drug-likeness (QED) is 0.300. The van der Waals surface area contributed by atoms with E-state index in [9.17, 15) is 9.59 Å². The minimum absolute atomic E-state index is 0.0928. The summed E-state index contributed by atoms with van der Waals surface area (Å²) in [5.41, 5.74) is -1.35. The van der Waals surface area contributed by atoms with Crippen LogP contribution >= 0.6 is 8.53 Å². The number of hydrogen-bond donors (Lipinski definition) is 1. The molecule has 0 amide bonds. The van der Waals surface area contributed by atoms with E-state index in [2.05, 4.69) is 21.6 Å². The Kier molecular flexibility index (Phi) is 9.28. The van der Waals surface area contributed by atoms with E-state index in [-0.39, 0.29) is 50.8 Å². The molecule has 2 rings (SSSR count). The number of terminal acetylenes is 1. The summed E-state index contributed by atoms with van der Waals surface area (Å²) in [7, 11) is -1.55. The van der Waals surface area contributed by atoms with Gasteiger partial charge in [0, 0.05) is 19.9 Å². The van der Waals surface area contributed by atoms with Gasteiger partial charge in [0.15, 0.2) is 0 Å². The molecule has 2 unspecified atom stereocenters. The van der Waals surface area contributed by atoms with Gasteiger partial charge in [-0.3, -0.25) is 14.3 Å². The topological polar surface area (TPSA) is 119 Å². The molecule has 1 aromatic heterocycles. The molecule has 1 N–H and O–H groups in total. The highest BCUT2D eigenvalue weighted by Gasteiger charge is 2.39. The second kappa shape index (κ2) is 12.2. The van der Waals surface area contributed by atoms with E-state index in [1.54, 1.807) is 0 Å². The zero-order valence-corrected chi connectivity index (χ0v) is 19.7. The zero-order valence-electron chi connectivity index (χ0n) is 19.8. The molecule has 1 aromatic rings. The molecule has 10 nitrogen and oxygen atoms in total. The first kappa shape index (κ1) is 24.4. The molecule has 1 aliphatic rings. The van der Waals surface area contributed by atoms with Gasteiger partial charge >= 0.3 is 5.69 Å². The third-order valence-electron chi connectivity index (χ3n) is 4.62. The summed E-state index contributed by atoms with van der Waals surface area (Å²) < 4.78 is 34.6. The largest absolute Gasteiger partial charge is 0.474 e. The van der Waals surface area contributed by atoms with Crippen molar-refractivity contribution in [2.75, 3.05) is 13.2 Å². The van der Waals surface area contributed by atoms with Crippen LogP contribution in [0.5, 0.6) is 5.75 Å². The second-order valence-electron chi connectivity index (χ2n) is 7.71. The molecule has 0 saturated carbocycles. The SMILES string of the molecule is [2H]C[C@H]1O[C@@H](n2cc(OCC#C)c(=O)[nH]c2=O)CC1OP(OCCC#N)N(C(C)C)C(C)C. The van der Waals surface area contributed by atoms with Gasteiger partial charge in [0.25, 0.3) is 14.1 Å². The summed E-state index contributed by atoms with van der Waals surface area (Å²) in [4.78, 5) is 26.6. The molecule has 1 saturated heterocycles. The molecule has 0 bridgehead atoms. The highest BCUT2D eigenvalue weighted by atomic mass is 31.2. The second-order valence-corrected chi connectivity index (χ2v) is 9.11. The van der Waals surface area contributed by atoms with Gasteiger partial charge in [-0.05, 0) is 34.6 Å². The van der Waals surface area contributed by atoms with Crippen LogP contribution < -0.4 is 16.0 Å². The van der Waals surface area contributed by atoms with Crippen LogP contribution in [0.4, 0.5) is 0 Å². The Bertz CT molecular complexity index is 961. The Labute approximate surface area is 190 Å². The van der Waals surface area contributed by atoms with E-state index in [0.717, 1.165) is 0 Å². The van der Waals surface area contributed by atoms with Crippen molar-refractivity contribution in [2.45, 2.75) is 78.0 Å². The Hall–Kier alpha value is -2.20. The summed E-state index contributed by atoms with van der Waals surface area (Å²) in [6.45, 7) is 8.11. The van der Waals surface area contributed by atoms with Gasteiger partial charge in [-0.1, -0.05) is 5.92 Å². The average molecular weight is 467 g/mol. The van der Waals surface area contributed by atoms with E-state index < -0.39 is 38.2 Å². The molecule has 176 valence electrons. The van der Waals surface area contributed by atoms with Crippen molar-refractivity contribution < 1.29 is 19.9 Å². The van der Waals surface area contributed by atoms with Gasteiger partial charge < -0.3 is 18.5 Å². The van der Waals surface area contributed by atoms with Crippen molar-refractivity contribution >= 4 is 8.53 Å². The molecule has 0 radical (unpaired) electrons. The number of hydrogen-bond acceptors (Lipinski definition) is 8. The van der Waals surface area contributed by atoms with Crippen LogP contribution in [0.3, 0.4) is 0 Å². The fraction of sp³-hybridized carbons (Fsp3) is 0.667. The first-order chi connectivity index (χ1) is 15.7. The highest BCUT2D eigenvalue weighted by Crippen LogP contribution is 2.49. The maximum absolute atomic E-state index is 12.4. The molecule has 0 spiro atoms. The van der Waals surface area contributed by atoms with E-state index in [0.29, 0.717) is 0 Å². The summed E-state index contributed by atoms with van der Waals surface area (Å²) in [5, 5.41) is 8.88. The number of nitrogens with zero attached hydrogens (tertiary/aromatic N) is 3. The predicted molar refractivity (Wildman–Crippen MR) is 120 cm³/mol. The number of ether oxygens (including phenoxy) is 2. The molecule has 1 aliphatic heterocycles. The van der Waals surface area contributed by atoms with Crippen molar-refractivity contribution in [3.63, 3.8) is 0 Å². The van der Waals surface area contributed by atoms with Crippen molar-refractivity contribution in [1.29, 1.82) is 5.26 Å². The van der Waals surface area contributed by atoms with Crippen molar-refractivity contribution in [3.8, 4) is 24.2 Å². The van der Waals surface area contributed by atoms with Crippen molar-refractivity contribution in [1.82, 2.24) is 14.2 Å². The lowest BCUT2D eigenvalue weighted by Crippen LogP contribution is -2.35. The fourth-order valence-electron chi connectivity index (χ4n) is 3.30. The molecule has 11 heteroatoms. The van der Waals surface area contributed by atoms with E-state index in [4.69, 9.17) is 31.6 Å². The molecule has 0 aromatic carbocycles.